The van der Waals surface area contributed by atoms with Crippen molar-refractivity contribution in [2.75, 3.05) is 30.4 Å². The minimum absolute atomic E-state index is 0.180. The molecule has 2 aromatic rings. The number of carbonyl (C=O) groups excluding carboxylic acids is 2. The van der Waals surface area contributed by atoms with Crippen molar-refractivity contribution in [1.82, 2.24) is 0 Å². The lowest BCUT2D eigenvalue weighted by atomic mass is 10.0. The van der Waals surface area contributed by atoms with Crippen molar-refractivity contribution in [2.45, 2.75) is 12.8 Å². The molecule has 0 fully saturated rings. The monoisotopic (exact) mass is 358 g/mol. The minimum Gasteiger partial charge on any atom is -0.465 e. The molecule has 1 aliphatic heterocycles. The minimum atomic E-state index is -0.475. The maximum absolute atomic E-state index is 12.5. The number of carbonyl (C=O) groups is 2. The lowest BCUT2D eigenvalue weighted by Gasteiger charge is -2.30. The Hall–Kier alpha value is -2.53. The smallest absolute Gasteiger partial charge is 0.337 e. The third-order valence-electron chi connectivity index (χ3n) is 4.20. The van der Waals surface area contributed by atoms with Gasteiger partial charge in [-0.1, -0.05) is 29.8 Å². The van der Waals surface area contributed by atoms with Crippen LogP contribution >= 0.6 is 11.6 Å². The van der Waals surface area contributed by atoms with Gasteiger partial charge in [0.05, 0.1) is 29.9 Å². The summed E-state index contributed by atoms with van der Waals surface area (Å²) in [5.41, 5.74) is 3.09. The number of benzene rings is 2. The first kappa shape index (κ1) is 17.3. The number of amides is 1. The first-order valence-electron chi connectivity index (χ1n) is 8.09. The van der Waals surface area contributed by atoms with E-state index in [1.165, 1.54) is 18.7 Å². The van der Waals surface area contributed by atoms with Crippen molar-refractivity contribution < 1.29 is 14.3 Å². The van der Waals surface area contributed by atoms with E-state index in [0.717, 1.165) is 25.1 Å². The van der Waals surface area contributed by atoms with E-state index in [0.29, 0.717) is 16.3 Å². The molecule has 1 amide bonds. The van der Waals surface area contributed by atoms with Crippen LogP contribution in [0.25, 0.3) is 0 Å². The zero-order valence-electron chi connectivity index (χ0n) is 13.9. The van der Waals surface area contributed by atoms with Crippen LogP contribution in [0.2, 0.25) is 5.02 Å². The molecule has 0 bridgehead atoms. The average Bonchev–Trinajstić information content (AvgIpc) is 2.63. The summed E-state index contributed by atoms with van der Waals surface area (Å²) in [6, 6.07) is 12.8. The molecular formula is C19H19ClN2O3. The second-order valence-electron chi connectivity index (χ2n) is 5.89. The van der Waals surface area contributed by atoms with E-state index in [1.54, 1.807) is 12.1 Å². The maximum Gasteiger partial charge on any atom is 0.337 e. The first-order chi connectivity index (χ1) is 12.1. The van der Waals surface area contributed by atoms with Gasteiger partial charge < -0.3 is 15.0 Å². The molecular weight excluding hydrogens is 340 g/mol. The number of para-hydroxylation sites is 1. The highest BCUT2D eigenvalue weighted by Crippen LogP contribution is 2.27. The molecule has 0 aliphatic carbocycles. The molecule has 130 valence electrons. The van der Waals surface area contributed by atoms with E-state index >= 15 is 0 Å². The molecule has 0 aromatic heterocycles. The number of methoxy groups -OCH3 is 1. The third-order valence-corrected chi connectivity index (χ3v) is 4.53. The molecule has 1 aliphatic rings. The van der Waals surface area contributed by atoms with Gasteiger partial charge in [-0.05, 0) is 42.7 Å². The van der Waals surface area contributed by atoms with Crippen LogP contribution in [-0.2, 0) is 16.0 Å². The van der Waals surface area contributed by atoms with Gasteiger partial charge in [0.1, 0.15) is 0 Å². The highest BCUT2D eigenvalue weighted by Gasteiger charge is 2.19. The Morgan fingerprint density at radius 3 is 2.84 bits per heavy atom. The average molecular weight is 359 g/mol. The number of esters is 1. The molecule has 5 nitrogen and oxygen atoms in total. The van der Waals surface area contributed by atoms with Crippen molar-refractivity contribution in [3.8, 4) is 0 Å². The van der Waals surface area contributed by atoms with Crippen molar-refractivity contribution >= 4 is 34.9 Å². The summed E-state index contributed by atoms with van der Waals surface area (Å²) in [5.74, 6) is -0.655. The number of nitrogens with one attached hydrogen (secondary N) is 1. The van der Waals surface area contributed by atoms with Gasteiger partial charge in [0.2, 0.25) is 5.91 Å². The van der Waals surface area contributed by atoms with E-state index in [9.17, 15) is 9.59 Å². The number of ether oxygens (including phenoxy) is 1. The molecule has 0 spiro atoms. The standard InChI is InChI=1S/C19H19ClN2O3/c1-25-19(24)14-8-9-15(20)16(11-14)21-18(23)12-22-10-4-6-13-5-2-3-7-17(13)22/h2-3,5,7-9,11H,4,6,10,12H2,1H3,(H,21,23). The summed E-state index contributed by atoms with van der Waals surface area (Å²) in [5, 5.41) is 3.16. The molecule has 1 heterocycles. The number of anilines is 2. The van der Waals surface area contributed by atoms with E-state index < -0.39 is 5.97 Å². The van der Waals surface area contributed by atoms with Crippen LogP contribution in [0.1, 0.15) is 22.3 Å². The molecule has 0 unspecified atom stereocenters. The topological polar surface area (TPSA) is 58.6 Å². The Morgan fingerprint density at radius 2 is 2.04 bits per heavy atom. The third kappa shape index (κ3) is 3.94. The van der Waals surface area contributed by atoms with Gasteiger partial charge in [-0.2, -0.15) is 0 Å². The first-order valence-corrected chi connectivity index (χ1v) is 8.47. The number of hydrogen-bond acceptors (Lipinski definition) is 4. The lowest BCUT2D eigenvalue weighted by Crippen LogP contribution is -2.36. The van der Waals surface area contributed by atoms with Crippen LogP contribution in [0, 0.1) is 0 Å². The quantitative estimate of drug-likeness (QED) is 0.849. The largest absolute Gasteiger partial charge is 0.465 e. The van der Waals surface area contributed by atoms with Crippen LogP contribution < -0.4 is 10.2 Å². The zero-order chi connectivity index (χ0) is 17.8. The second kappa shape index (κ2) is 7.57. The van der Waals surface area contributed by atoms with Crippen molar-refractivity contribution in [1.29, 1.82) is 0 Å². The zero-order valence-corrected chi connectivity index (χ0v) is 14.7. The Balaban J connectivity index is 1.73. The summed E-state index contributed by atoms with van der Waals surface area (Å²) in [4.78, 5) is 26.2. The number of hydrogen-bond donors (Lipinski definition) is 1. The summed E-state index contributed by atoms with van der Waals surface area (Å²) < 4.78 is 4.69. The van der Waals surface area contributed by atoms with Crippen LogP contribution in [0.3, 0.4) is 0 Å². The van der Waals surface area contributed by atoms with Crippen LogP contribution in [0.4, 0.5) is 11.4 Å². The summed E-state index contributed by atoms with van der Waals surface area (Å²) in [6.07, 6.45) is 2.05. The van der Waals surface area contributed by atoms with Gasteiger partial charge in [-0.3, -0.25) is 4.79 Å². The fourth-order valence-corrected chi connectivity index (χ4v) is 3.17. The predicted molar refractivity (Wildman–Crippen MR) is 98.4 cm³/mol. The van der Waals surface area contributed by atoms with Crippen molar-refractivity contribution in [2.24, 2.45) is 0 Å². The molecule has 0 atom stereocenters. The Labute approximate surface area is 151 Å². The van der Waals surface area contributed by atoms with E-state index in [1.807, 2.05) is 18.2 Å². The maximum atomic E-state index is 12.5. The molecule has 2 aromatic carbocycles. The Kier molecular flexibility index (Phi) is 5.24. The number of rotatable bonds is 4. The molecule has 0 radical (unpaired) electrons. The van der Waals surface area contributed by atoms with Gasteiger partial charge >= 0.3 is 5.97 Å². The summed E-state index contributed by atoms with van der Waals surface area (Å²) in [6.45, 7) is 1.07. The number of fused-ring (bicyclic) bond motifs is 1. The van der Waals surface area contributed by atoms with Gasteiger partial charge in [0, 0.05) is 12.2 Å². The van der Waals surface area contributed by atoms with Gasteiger partial charge in [-0.15, -0.1) is 0 Å². The lowest BCUT2D eigenvalue weighted by molar-refractivity contribution is -0.115. The number of nitrogens with zero attached hydrogens (tertiary/aromatic N) is 1. The Bertz CT molecular complexity index is 807. The van der Waals surface area contributed by atoms with E-state index in [2.05, 4.69) is 16.3 Å². The predicted octanol–water partition coefficient (Wildman–Crippen LogP) is 3.52. The van der Waals surface area contributed by atoms with Gasteiger partial charge in [0.15, 0.2) is 0 Å². The van der Waals surface area contributed by atoms with E-state index in [-0.39, 0.29) is 12.5 Å². The summed E-state index contributed by atoms with van der Waals surface area (Å²) >= 11 is 6.13. The molecule has 25 heavy (non-hydrogen) atoms. The molecule has 6 heteroatoms. The van der Waals surface area contributed by atoms with Crippen LogP contribution in [0.15, 0.2) is 42.5 Å². The Morgan fingerprint density at radius 1 is 1.24 bits per heavy atom. The highest BCUT2D eigenvalue weighted by molar-refractivity contribution is 6.33. The molecule has 0 saturated heterocycles. The number of aryl methyl sites for hydroxylation is 1. The van der Waals surface area contributed by atoms with Crippen molar-refractivity contribution in [3.05, 3.63) is 58.6 Å². The molecule has 3 rings (SSSR count). The van der Waals surface area contributed by atoms with E-state index in [4.69, 9.17) is 16.3 Å². The molecule has 1 N–H and O–H groups in total. The SMILES string of the molecule is COC(=O)c1ccc(Cl)c(NC(=O)CN2CCCc3ccccc32)c1. The second-order valence-corrected chi connectivity index (χ2v) is 6.30. The van der Waals surface area contributed by atoms with Crippen molar-refractivity contribution in [3.63, 3.8) is 0 Å². The normalized spacial score (nSPS) is 13.1. The fourth-order valence-electron chi connectivity index (χ4n) is 3.00. The highest BCUT2D eigenvalue weighted by atomic mass is 35.5. The number of halogens is 1. The molecule has 0 saturated carbocycles. The van der Waals surface area contributed by atoms with Gasteiger partial charge in [-0.25, -0.2) is 4.79 Å². The van der Waals surface area contributed by atoms with Gasteiger partial charge in [0.25, 0.3) is 0 Å². The van der Waals surface area contributed by atoms with Crippen LogP contribution in [0.5, 0.6) is 0 Å². The van der Waals surface area contributed by atoms with Crippen LogP contribution in [-0.4, -0.2) is 32.1 Å². The summed E-state index contributed by atoms with van der Waals surface area (Å²) in [7, 11) is 1.31. The fraction of sp³-hybridized carbons (Fsp3) is 0.263.